The van der Waals surface area contributed by atoms with Crippen LogP contribution in [0.25, 0.3) is 0 Å². The lowest BCUT2D eigenvalue weighted by molar-refractivity contribution is -0.139. The summed E-state index contributed by atoms with van der Waals surface area (Å²) in [7, 11) is 0. The first kappa shape index (κ1) is 11.0. The number of rotatable bonds is 5. The predicted molar refractivity (Wildman–Crippen MR) is 51.8 cm³/mol. The van der Waals surface area contributed by atoms with Gasteiger partial charge in [0, 0.05) is 18.5 Å². The fraction of sp³-hybridized carbons (Fsp3) is 0.800. The van der Waals surface area contributed by atoms with Crippen LogP contribution in [-0.2, 0) is 9.59 Å². The van der Waals surface area contributed by atoms with Gasteiger partial charge in [0.25, 0.3) is 0 Å². The van der Waals surface area contributed by atoms with Crippen molar-refractivity contribution in [2.75, 3.05) is 6.54 Å². The molecule has 0 radical (unpaired) electrons. The van der Waals surface area contributed by atoms with Gasteiger partial charge in [-0.15, -0.1) is 0 Å². The zero-order valence-electron chi connectivity index (χ0n) is 8.69. The van der Waals surface area contributed by atoms with E-state index in [0.717, 1.165) is 12.8 Å². The minimum Gasteiger partial charge on any atom is -0.481 e. The van der Waals surface area contributed by atoms with Gasteiger partial charge in [0.1, 0.15) is 0 Å². The van der Waals surface area contributed by atoms with Crippen LogP contribution in [-0.4, -0.2) is 34.5 Å². The normalized spacial score (nSPS) is 15.6. The standard InChI is InChI=1S/C10H17NO3/c1-7(2)10(14)11(8-3-4-8)6-5-9(12)13/h7-8H,3-6H2,1-2H3,(H,12,13). The molecule has 0 aliphatic heterocycles. The van der Waals surface area contributed by atoms with Gasteiger partial charge < -0.3 is 10.0 Å². The molecule has 0 bridgehead atoms. The summed E-state index contributed by atoms with van der Waals surface area (Å²) in [6.45, 7) is 4.05. The third-order valence-electron chi connectivity index (χ3n) is 2.33. The monoisotopic (exact) mass is 199 g/mol. The highest BCUT2D eigenvalue weighted by Gasteiger charge is 2.33. The second-order valence-electron chi connectivity index (χ2n) is 4.06. The van der Waals surface area contributed by atoms with Gasteiger partial charge in [-0.05, 0) is 12.8 Å². The summed E-state index contributed by atoms with van der Waals surface area (Å²) < 4.78 is 0. The van der Waals surface area contributed by atoms with E-state index in [9.17, 15) is 9.59 Å². The number of hydrogen-bond donors (Lipinski definition) is 1. The SMILES string of the molecule is CC(C)C(=O)N(CCC(=O)O)C1CC1. The van der Waals surface area contributed by atoms with Crippen molar-refractivity contribution in [3.05, 3.63) is 0 Å². The summed E-state index contributed by atoms with van der Waals surface area (Å²) in [6, 6.07) is 0.309. The molecule has 4 nitrogen and oxygen atoms in total. The Morgan fingerprint density at radius 2 is 2.00 bits per heavy atom. The maximum absolute atomic E-state index is 11.7. The van der Waals surface area contributed by atoms with Crippen LogP contribution in [0.15, 0.2) is 0 Å². The van der Waals surface area contributed by atoms with Crippen molar-refractivity contribution < 1.29 is 14.7 Å². The van der Waals surface area contributed by atoms with E-state index in [1.807, 2.05) is 13.8 Å². The van der Waals surface area contributed by atoms with Gasteiger partial charge in [-0.1, -0.05) is 13.8 Å². The number of aliphatic carboxylic acids is 1. The second kappa shape index (κ2) is 4.44. The van der Waals surface area contributed by atoms with Gasteiger partial charge in [-0.3, -0.25) is 9.59 Å². The summed E-state index contributed by atoms with van der Waals surface area (Å²) in [5.74, 6) is -0.801. The molecule has 0 saturated heterocycles. The summed E-state index contributed by atoms with van der Waals surface area (Å²) >= 11 is 0. The molecule has 1 saturated carbocycles. The van der Waals surface area contributed by atoms with Crippen LogP contribution in [0.2, 0.25) is 0 Å². The minimum absolute atomic E-state index is 0.0376. The molecule has 1 aliphatic carbocycles. The van der Waals surface area contributed by atoms with Crippen LogP contribution >= 0.6 is 0 Å². The Labute approximate surface area is 83.9 Å². The van der Waals surface area contributed by atoms with Crippen molar-refractivity contribution in [1.82, 2.24) is 4.90 Å². The lowest BCUT2D eigenvalue weighted by Gasteiger charge is -2.23. The van der Waals surface area contributed by atoms with Gasteiger partial charge >= 0.3 is 5.97 Å². The summed E-state index contributed by atoms with van der Waals surface area (Å²) in [5, 5.41) is 8.55. The zero-order valence-corrected chi connectivity index (χ0v) is 8.69. The van der Waals surface area contributed by atoms with Gasteiger partial charge in [-0.25, -0.2) is 0 Å². The molecule has 0 heterocycles. The molecule has 1 amide bonds. The van der Waals surface area contributed by atoms with E-state index in [4.69, 9.17) is 5.11 Å². The largest absolute Gasteiger partial charge is 0.481 e. The van der Waals surface area contributed by atoms with E-state index in [2.05, 4.69) is 0 Å². The molecule has 0 aromatic rings. The molecule has 0 atom stereocenters. The Morgan fingerprint density at radius 1 is 1.43 bits per heavy atom. The molecule has 0 unspecified atom stereocenters. The number of carbonyl (C=O) groups is 2. The Morgan fingerprint density at radius 3 is 2.36 bits per heavy atom. The van der Waals surface area contributed by atoms with Crippen LogP contribution in [0.1, 0.15) is 33.1 Å². The average Bonchev–Trinajstić information content (AvgIpc) is 2.87. The lowest BCUT2D eigenvalue weighted by Crippen LogP contribution is -2.37. The first-order valence-electron chi connectivity index (χ1n) is 5.04. The van der Waals surface area contributed by atoms with Crippen LogP contribution in [0.3, 0.4) is 0 Å². The second-order valence-corrected chi connectivity index (χ2v) is 4.06. The van der Waals surface area contributed by atoms with Crippen LogP contribution in [0, 0.1) is 5.92 Å². The summed E-state index contributed by atoms with van der Waals surface area (Å²) in [6.07, 6.45) is 2.10. The lowest BCUT2D eigenvalue weighted by atomic mass is 10.2. The van der Waals surface area contributed by atoms with Crippen molar-refractivity contribution in [3.63, 3.8) is 0 Å². The maximum atomic E-state index is 11.7. The third-order valence-corrected chi connectivity index (χ3v) is 2.33. The Hall–Kier alpha value is -1.06. The van der Waals surface area contributed by atoms with E-state index in [-0.39, 0.29) is 18.2 Å². The molecule has 0 aromatic heterocycles. The molecule has 14 heavy (non-hydrogen) atoms. The highest BCUT2D eigenvalue weighted by molar-refractivity contribution is 5.79. The number of carboxylic acid groups (broad SMARTS) is 1. The van der Waals surface area contributed by atoms with Crippen molar-refractivity contribution in [2.24, 2.45) is 5.92 Å². The van der Waals surface area contributed by atoms with Crippen LogP contribution in [0.4, 0.5) is 0 Å². The van der Waals surface area contributed by atoms with E-state index in [1.165, 1.54) is 0 Å². The maximum Gasteiger partial charge on any atom is 0.305 e. The van der Waals surface area contributed by atoms with Crippen molar-refractivity contribution in [2.45, 2.75) is 39.2 Å². The van der Waals surface area contributed by atoms with E-state index < -0.39 is 5.97 Å². The number of carbonyl (C=O) groups excluding carboxylic acids is 1. The molecule has 1 fully saturated rings. The zero-order chi connectivity index (χ0) is 10.7. The third kappa shape index (κ3) is 3.01. The molecule has 1 N–H and O–H groups in total. The molecule has 4 heteroatoms. The van der Waals surface area contributed by atoms with Crippen LogP contribution in [0.5, 0.6) is 0 Å². The topological polar surface area (TPSA) is 57.6 Å². The van der Waals surface area contributed by atoms with Crippen molar-refractivity contribution in [3.8, 4) is 0 Å². The van der Waals surface area contributed by atoms with E-state index in [1.54, 1.807) is 4.90 Å². The smallest absolute Gasteiger partial charge is 0.305 e. The number of hydrogen-bond acceptors (Lipinski definition) is 2. The Balaban J connectivity index is 2.46. The fourth-order valence-corrected chi connectivity index (χ4v) is 1.41. The van der Waals surface area contributed by atoms with E-state index >= 15 is 0 Å². The predicted octanol–water partition coefficient (Wildman–Crippen LogP) is 1.11. The summed E-state index contributed by atoms with van der Waals surface area (Å²) in [4.78, 5) is 23.8. The minimum atomic E-state index is -0.841. The van der Waals surface area contributed by atoms with Gasteiger partial charge in [0.05, 0.1) is 6.42 Å². The number of amides is 1. The first-order valence-corrected chi connectivity index (χ1v) is 5.04. The molecule has 80 valence electrons. The Bertz CT molecular complexity index is 234. The first-order chi connectivity index (χ1) is 6.52. The molecule has 0 spiro atoms. The van der Waals surface area contributed by atoms with Gasteiger partial charge in [-0.2, -0.15) is 0 Å². The quantitative estimate of drug-likeness (QED) is 0.721. The molecule has 1 aliphatic rings. The highest BCUT2D eigenvalue weighted by Crippen LogP contribution is 2.28. The van der Waals surface area contributed by atoms with E-state index in [0.29, 0.717) is 12.6 Å². The average molecular weight is 199 g/mol. The summed E-state index contributed by atoms with van der Waals surface area (Å²) in [5.41, 5.74) is 0. The Kier molecular flexibility index (Phi) is 3.49. The highest BCUT2D eigenvalue weighted by atomic mass is 16.4. The van der Waals surface area contributed by atoms with Gasteiger partial charge in [0.15, 0.2) is 0 Å². The molecule has 0 aromatic carbocycles. The molecular weight excluding hydrogens is 182 g/mol. The fourth-order valence-electron chi connectivity index (χ4n) is 1.41. The van der Waals surface area contributed by atoms with Crippen molar-refractivity contribution in [1.29, 1.82) is 0 Å². The van der Waals surface area contributed by atoms with Gasteiger partial charge in [0.2, 0.25) is 5.91 Å². The number of nitrogens with zero attached hydrogens (tertiary/aromatic N) is 1. The van der Waals surface area contributed by atoms with Crippen LogP contribution < -0.4 is 0 Å². The molecular formula is C10H17NO3. The molecule has 1 rings (SSSR count). The number of carboxylic acids is 1. The van der Waals surface area contributed by atoms with Crippen molar-refractivity contribution >= 4 is 11.9 Å².